The van der Waals surface area contributed by atoms with Crippen LogP contribution in [0, 0.1) is 0 Å². The van der Waals surface area contributed by atoms with Crippen LogP contribution < -0.4 is 0 Å². The van der Waals surface area contributed by atoms with Crippen molar-refractivity contribution in [2.45, 2.75) is 232 Å². The van der Waals surface area contributed by atoms with E-state index in [4.69, 9.17) is 19.3 Å². The van der Waals surface area contributed by atoms with E-state index in [0.29, 0.717) is 12.8 Å². The fourth-order valence-electron chi connectivity index (χ4n) is 6.76. The first-order valence-electron chi connectivity index (χ1n) is 24.1. The summed E-state index contributed by atoms with van der Waals surface area (Å²) in [5.74, 6) is -0.947. The van der Waals surface area contributed by atoms with E-state index >= 15 is 0 Å². The van der Waals surface area contributed by atoms with Crippen molar-refractivity contribution in [3.8, 4) is 0 Å². The lowest BCUT2D eigenvalue weighted by Crippen LogP contribution is -2.29. The molecule has 1 atom stereocenters. The third-order valence-electron chi connectivity index (χ3n) is 10.3. The zero-order valence-corrected chi connectivity index (χ0v) is 38.8. The van der Waals surface area contributed by atoms with Gasteiger partial charge in [0.2, 0.25) is 0 Å². The van der Waals surface area contributed by atoms with Crippen LogP contribution in [0.5, 0.6) is 0 Å². The highest BCUT2D eigenvalue weighted by Gasteiger charge is 2.22. The van der Waals surface area contributed by atoms with E-state index < -0.39 is 32.5 Å². The molecule has 0 bridgehead atoms. The van der Waals surface area contributed by atoms with E-state index in [1.54, 1.807) is 0 Å². The van der Waals surface area contributed by atoms with Gasteiger partial charge < -0.3 is 19.3 Å². The highest BCUT2D eigenvalue weighted by molar-refractivity contribution is 7.46. The summed E-state index contributed by atoms with van der Waals surface area (Å²) in [4.78, 5) is 43.0. The molecule has 0 aliphatic rings. The van der Waals surface area contributed by atoms with Gasteiger partial charge in [0.25, 0.3) is 0 Å². The normalized spacial score (nSPS) is 12.9. The molecule has 0 aromatic rings. The van der Waals surface area contributed by atoms with Crippen LogP contribution in [0.25, 0.3) is 0 Å². The van der Waals surface area contributed by atoms with E-state index in [-0.39, 0.29) is 19.4 Å². The van der Waals surface area contributed by atoms with E-state index in [1.807, 2.05) is 6.08 Å². The minimum atomic E-state index is -4.77. The highest BCUT2D eigenvalue weighted by atomic mass is 31.2. The van der Waals surface area contributed by atoms with Gasteiger partial charge in [-0.05, 0) is 51.4 Å². The van der Waals surface area contributed by atoms with Crippen LogP contribution >= 0.6 is 7.82 Å². The first-order chi connectivity index (χ1) is 28.8. The summed E-state index contributed by atoms with van der Waals surface area (Å²) in [5, 5.41) is 0. The molecule has 342 valence electrons. The number of ether oxygens (including phenoxy) is 2. The average molecular weight is 849 g/mol. The molecule has 1 unspecified atom stereocenters. The van der Waals surface area contributed by atoms with Crippen LogP contribution in [0.3, 0.4) is 0 Å². The second-order valence-corrected chi connectivity index (χ2v) is 17.3. The van der Waals surface area contributed by atoms with Crippen LogP contribution in [0.2, 0.25) is 0 Å². The molecule has 0 saturated carbocycles. The molecule has 0 aliphatic heterocycles. The van der Waals surface area contributed by atoms with Gasteiger partial charge in [-0.2, -0.15) is 0 Å². The number of hydrogen-bond donors (Lipinski definition) is 2. The quantitative estimate of drug-likeness (QED) is 0.0269. The molecule has 0 rings (SSSR count). The van der Waals surface area contributed by atoms with Crippen molar-refractivity contribution < 1.29 is 37.9 Å². The van der Waals surface area contributed by atoms with E-state index in [0.717, 1.165) is 51.4 Å². The maximum absolute atomic E-state index is 12.4. The molecule has 0 aliphatic carbocycles. The van der Waals surface area contributed by atoms with Crippen molar-refractivity contribution in [3.05, 3.63) is 60.8 Å². The first-order valence-corrected chi connectivity index (χ1v) is 25.6. The number of carbonyl (C=O) groups excluding carboxylic acids is 2. The smallest absolute Gasteiger partial charge is 0.462 e. The van der Waals surface area contributed by atoms with Crippen molar-refractivity contribution >= 4 is 19.8 Å². The summed E-state index contributed by atoms with van der Waals surface area (Å²) >= 11 is 0. The van der Waals surface area contributed by atoms with Gasteiger partial charge in [-0.15, -0.1) is 0 Å². The SMILES string of the molecule is CC/C=C\C/C=C\C/C=C\C/C=C\C/C=C\CCCC(=O)OC(COC(=O)CCCCCCCCCCCCCCCCCCCCCCCCCC)COP(=O)(O)O. The topological polar surface area (TPSA) is 119 Å². The number of unbranched alkanes of at least 4 members (excludes halogenated alkanes) is 24. The minimum Gasteiger partial charge on any atom is -0.462 e. The van der Waals surface area contributed by atoms with Crippen LogP contribution in [-0.4, -0.2) is 41.0 Å². The number of phosphoric ester groups is 1. The Bertz CT molecular complexity index is 1140. The zero-order valence-electron chi connectivity index (χ0n) is 37.9. The van der Waals surface area contributed by atoms with Crippen molar-refractivity contribution in [1.82, 2.24) is 0 Å². The van der Waals surface area contributed by atoms with Crippen molar-refractivity contribution in [3.63, 3.8) is 0 Å². The Morgan fingerprint density at radius 3 is 1.20 bits per heavy atom. The Balaban J connectivity index is 3.86. The molecule has 0 aromatic carbocycles. The number of esters is 2. The molecule has 2 N–H and O–H groups in total. The lowest BCUT2D eigenvalue weighted by atomic mass is 10.0. The molecule has 0 amide bonds. The van der Waals surface area contributed by atoms with Crippen LogP contribution in [0.4, 0.5) is 0 Å². The molecule has 0 fully saturated rings. The molecule has 59 heavy (non-hydrogen) atoms. The molecular formula is C50H89O8P. The third kappa shape index (κ3) is 48.3. The number of rotatable bonds is 44. The summed E-state index contributed by atoms with van der Waals surface area (Å²) in [6.45, 7) is 3.55. The number of hydrogen-bond acceptors (Lipinski definition) is 6. The Morgan fingerprint density at radius 2 is 0.814 bits per heavy atom. The summed E-state index contributed by atoms with van der Waals surface area (Å²) in [6, 6.07) is 0. The highest BCUT2D eigenvalue weighted by Crippen LogP contribution is 2.36. The maximum atomic E-state index is 12.4. The molecule has 0 aromatic heterocycles. The van der Waals surface area contributed by atoms with Crippen molar-refractivity contribution in [2.24, 2.45) is 0 Å². The third-order valence-corrected chi connectivity index (χ3v) is 10.8. The number of allylic oxidation sites excluding steroid dienone is 10. The zero-order chi connectivity index (χ0) is 43.2. The van der Waals surface area contributed by atoms with Gasteiger partial charge in [0.05, 0.1) is 6.61 Å². The molecule has 0 spiro atoms. The van der Waals surface area contributed by atoms with Gasteiger partial charge in [0.15, 0.2) is 6.10 Å². The fraction of sp³-hybridized carbons (Fsp3) is 0.760. The average Bonchev–Trinajstić information content (AvgIpc) is 3.21. The maximum Gasteiger partial charge on any atom is 0.469 e. The molecule has 9 heteroatoms. The molecule has 8 nitrogen and oxygen atoms in total. The van der Waals surface area contributed by atoms with Gasteiger partial charge in [-0.3, -0.25) is 14.1 Å². The summed E-state index contributed by atoms with van der Waals surface area (Å²) in [7, 11) is -4.77. The van der Waals surface area contributed by atoms with Gasteiger partial charge in [0.1, 0.15) is 6.61 Å². The number of phosphoric acid groups is 1. The van der Waals surface area contributed by atoms with Crippen LogP contribution in [0.1, 0.15) is 226 Å². The fourth-order valence-corrected chi connectivity index (χ4v) is 7.12. The Labute approximate surface area is 362 Å². The van der Waals surface area contributed by atoms with Crippen LogP contribution in [0.15, 0.2) is 60.8 Å². The van der Waals surface area contributed by atoms with E-state index in [1.165, 1.54) is 135 Å². The van der Waals surface area contributed by atoms with Gasteiger partial charge in [0, 0.05) is 12.8 Å². The summed E-state index contributed by atoms with van der Waals surface area (Å²) < 4.78 is 26.4. The van der Waals surface area contributed by atoms with Crippen LogP contribution in [-0.2, 0) is 28.2 Å². The number of carbonyl (C=O) groups is 2. The monoisotopic (exact) mass is 849 g/mol. The molecule has 0 heterocycles. The van der Waals surface area contributed by atoms with E-state index in [9.17, 15) is 14.2 Å². The van der Waals surface area contributed by atoms with Gasteiger partial charge >= 0.3 is 19.8 Å². The van der Waals surface area contributed by atoms with Gasteiger partial charge in [-0.25, -0.2) is 4.57 Å². The summed E-state index contributed by atoms with van der Waals surface area (Å²) in [5.41, 5.74) is 0. The largest absolute Gasteiger partial charge is 0.469 e. The van der Waals surface area contributed by atoms with Gasteiger partial charge in [-0.1, -0.05) is 222 Å². The summed E-state index contributed by atoms with van der Waals surface area (Å²) in [6.07, 6.45) is 58.3. The lowest BCUT2D eigenvalue weighted by Gasteiger charge is -2.18. The predicted molar refractivity (Wildman–Crippen MR) is 248 cm³/mol. The Kier molecular flexibility index (Phi) is 43.6. The Morgan fingerprint density at radius 1 is 0.458 bits per heavy atom. The first kappa shape index (κ1) is 56.8. The van der Waals surface area contributed by atoms with E-state index in [2.05, 4.69) is 73.1 Å². The molecule has 0 saturated heterocycles. The molecular weight excluding hydrogens is 760 g/mol. The van der Waals surface area contributed by atoms with Crippen molar-refractivity contribution in [1.29, 1.82) is 0 Å². The Hall–Kier alpha value is -2.25. The van der Waals surface area contributed by atoms with Crippen molar-refractivity contribution in [2.75, 3.05) is 13.2 Å². The molecule has 0 radical (unpaired) electrons. The lowest BCUT2D eigenvalue weighted by molar-refractivity contribution is -0.161. The minimum absolute atomic E-state index is 0.133. The predicted octanol–water partition coefficient (Wildman–Crippen LogP) is 15.2. The standard InChI is InChI=1S/C50H89O8P/c1-3-5-7-9-11-13-15-17-19-21-22-23-24-25-26-27-29-30-32-34-36-38-40-42-44-49(51)56-46-48(47-57-59(53,54)55)58-50(52)45-43-41-39-37-35-33-31-28-20-18-16-14-12-10-8-6-4-2/h6,8,12,14,18,20,31,33,37,39,48H,3-5,7,9-11,13,15-17,19,21-30,32,34-36,38,40-47H2,1-2H3,(H2,53,54,55)/b8-6-,14-12-,20-18-,33-31-,39-37-. The second-order valence-electron chi connectivity index (χ2n) is 16.1. The second kappa shape index (κ2) is 45.3.